The van der Waals surface area contributed by atoms with Gasteiger partial charge in [-0.15, -0.1) is 0 Å². The predicted octanol–water partition coefficient (Wildman–Crippen LogP) is 11.4. The molecule has 0 radical (unpaired) electrons. The van der Waals surface area contributed by atoms with Crippen LogP contribution in [0.1, 0.15) is 239 Å². The Morgan fingerprint density at radius 1 is 0.355 bits per heavy atom. The number of hydrogen-bond donors (Lipinski definition) is 3. The van der Waals surface area contributed by atoms with Crippen molar-refractivity contribution in [2.75, 3.05) is 16.0 Å². The highest BCUT2D eigenvalue weighted by molar-refractivity contribution is 6.24. The van der Waals surface area contributed by atoms with Gasteiger partial charge in [0, 0.05) is 54.1 Å². The monoisotopic (exact) mass is 1280 g/mol. The molecule has 6 aliphatic carbocycles. The second-order valence-corrected chi connectivity index (χ2v) is 24.9. The number of imide groups is 3. The summed E-state index contributed by atoms with van der Waals surface area (Å²) in [7, 11) is 0. The zero-order valence-corrected chi connectivity index (χ0v) is 48.2. The molecular weight excluding hydrogens is 1230 g/mol. The van der Waals surface area contributed by atoms with E-state index in [4.69, 9.17) is 0 Å². The molecule has 0 spiro atoms. The first-order chi connectivity index (χ1) is 44.0. The summed E-state index contributed by atoms with van der Waals surface area (Å²) in [6.45, 7) is 4.53. The fourth-order valence-corrected chi connectivity index (χ4v) is 16.4. The van der Waals surface area contributed by atoms with Crippen molar-refractivity contribution in [1.29, 1.82) is 0 Å². The molecule has 18 nitrogen and oxygen atoms in total. The van der Waals surface area contributed by atoms with Crippen molar-refractivity contribution in [2.45, 2.75) is 112 Å². The molecular formula is C66H42F9N9O9. The molecule has 468 valence electrons. The summed E-state index contributed by atoms with van der Waals surface area (Å²) in [4.78, 5) is 138. The van der Waals surface area contributed by atoms with E-state index in [1.54, 1.807) is 52.3 Å². The molecule has 9 amide bonds. The van der Waals surface area contributed by atoms with Crippen LogP contribution in [0, 0.1) is 0 Å². The van der Waals surface area contributed by atoms with Crippen molar-refractivity contribution >= 4 is 70.2 Å². The number of carbonyl (C=O) groups is 9. The van der Waals surface area contributed by atoms with Gasteiger partial charge in [0.2, 0.25) is 0 Å². The second kappa shape index (κ2) is 19.1. The van der Waals surface area contributed by atoms with Crippen molar-refractivity contribution in [3.8, 4) is 0 Å². The van der Waals surface area contributed by atoms with Gasteiger partial charge in [-0.05, 0) is 178 Å². The van der Waals surface area contributed by atoms with Gasteiger partial charge in [-0.1, -0.05) is 0 Å². The average molecular weight is 1280 g/mol. The van der Waals surface area contributed by atoms with E-state index in [-0.39, 0.29) is 103 Å². The third kappa shape index (κ3) is 8.02. The number of fused-ring (bicyclic) bond motifs is 30. The number of hydrogen-bond acceptors (Lipinski definition) is 12. The maximum Gasteiger partial charge on any atom is 0.471 e. The molecule has 3 aliphatic heterocycles. The lowest BCUT2D eigenvalue weighted by Crippen LogP contribution is -2.33. The Bertz CT molecular complexity index is 4130. The van der Waals surface area contributed by atoms with Crippen LogP contribution in [0.5, 0.6) is 0 Å². The molecule has 3 N–H and O–H groups in total. The van der Waals surface area contributed by atoms with Gasteiger partial charge in [0.15, 0.2) is 0 Å². The highest BCUT2D eigenvalue weighted by Gasteiger charge is 2.59. The van der Waals surface area contributed by atoms with Gasteiger partial charge in [-0.2, -0.15) is 39.5 Å². The molecule has 0 saturated carbocycles. The number of anilines is 3. The van der Waals surface area contributed by atoms with Crippen LogP contribution in [0.25, 0.3) is 0 Å². The Balaban J connectivity index is 0.785. The fraction of sp³-hybridized carbons (Fsp3) is 0.273. The summed E-state index contributed by atoms with van der Waals surface area (Å²) in [5.41, 5.74) is 11.0. The van der Waals surface area contributed by atoms with E-state index in [1.807, 2.05) is 0 Å². The zero-order chi connectivity index (χ0) is 65.5. The summed E-state index contributed by atoms with van der Waals surface area (Å²) >= 11 is 0. The maximum atomic E-state index is 14.6. The van der Waals surface area contributed by atoms with E-state index in [1.165, 1.54) is 57.6 Å². The van der Waals surface area contributed by atoms with Gasteiger partial charge in [0.1, 0.15) is 0 Å². The molecule has 6 heterocycles. The average Bonchev–Trinajstić information content (AvgIpc) is 1.49. The molecule has 3 aromatic heterocycles. The highest BCUT2D eigenvalue weighted by atomic mass is 19.4. The summed E-state index contributed by atoms with van der Waals surface area (Å²) in [6, 6.07) is 10.8. The van der Waals surface area contributed by atoms with Crippen LogP contribution >= 0.6 is 0 Å². The van der Waals surface area contributed by atoms with E-state index in [2.05, 4.69) is 15.0 Å². The Morgan fingerprint density at radius 3 is 0.731 bits per heavy atom. The third-order valence-corrected chi connectivity index (χ3v) is 20.3. The Kier molecular flexibility index (Phi) is 11.8. The first-order valence-corrected chi connectivity index (χ1v) is 29.4. The number of carbonyl (C=O) groups excluding carboxylic acids is 9. The van der Waals surface area contributed by atoms with Crippen LogP contribution in [0.15, 0.2) is 91.8 Å². The summed E-state index contributed by atoms with van der Waals surface area (Å²) in [5.74, 6) is -12.8. The number of aromatic nitrogens is 3. The lowest BCUT2D eigenvalue weighted by molar-refractivity contribution is -0.167. The van der Waals surface area contributed by atoms with E-state index >= 15 is 0 Å². The normalized spacial score (nSPS) is 22.1. The van der Waals surface area contributed by atoms with Crippen LogP contribution in [0.4, 0.5) is 56.6 Å². The van der Waals surface area contributed by atoms with Crippen LogP contribution in [0.2, 0.25) is 0 Å². The molecule has 7 aromatic rings. The van der Waals surface area contributed by atoms with Gasteiger partial charge < -0.3 is 16.0 Å². The molecule has 9 atom stereocenters. The largest absolute Gasteiger partial charge is 0.471 e. The Hall–Kier alpha value is -10.5. The van der Waals surface area contributed by atoms with Gasteiger partial charge >= 0.3 is 36.3 Å². The molecule has 16 rings (SSSR count). The predicted molar refractivity (Wildman–Crippen MR) is 304 cm³/mol. The number of halogens is 9. The molecule has 0 fully saturated rings. The minimum atomic E-state index is -5.21. The molecule has 0 saturated heterocycles. The molecule has 9 aliphatic rings. The molecule has 4 aromatic carbocycles. The van der Waals surface area contributed by atoms with Gasteiger partial charge in [0.05, 0.1) is 87.2 Å². The lowest BCUT2D eigenvalue weighted by atomic mass is 9.68. The maximum absolute atomic E-state index is 14.6. The Morgan fingerprint density at radius 2 is 0.548 bits per heavy atom. The number of pyridine rings is 3. The second-order valence-electron chi connectivity index (χ2n) is 24.9. The number of nitrogens with one attached hydrogen (secondary N) is 3. The van der Waals surface area contributed by atoms with Gasteiger partial charge in [-0.3, -0.25) is 72.8 Å². The first-order valence-electron chi connectivity index (χ1n) is 29.4. The number of benzene rings is 4. The quantitative estimate of drug-likeness (QED) is 0.0904. The number of nitrogens with zero attached hydrogens (tertiary/aromatic N) is 6. The van der Waals surface area contributed by atoms with E-state index in [9.17, 15) is 82.7 Å². The van der Waals surface area contributed by atoms with Crippen LogP contribution < -0.4 is 16.0 Å². The highest BCUT2D eigenvalue weighted by Crippen LogP contribution is 2.72. The number of alkyl halides is 9. The molecule has 93 heavy (non-hydrogen) atoms. The van der Waals surface area contributed by atoms with Crippen molar-refractivity contribution < 1.29 is 82.7 Å². The van der Waals surface area contributed by atoms with Crippen molar-refractivity contribution in [2.24, 2.45) is 0 Å². The van der Waals surface area contributed by atoms with Crippen LogP contribution in [-0.2, 0) is 14.4 Å². The fourth-order valence-electron chi connectivity index (χ4n) is 16.4. The van der Waals surface area contributed by atoms with Crippen LogP contribution in [0.3, 0.4) is 0 Å². The number of amides is 9. The van der Waals surface area contributed by atoms with E-state index in [0.717, 1.165) is 100 Å². The SMILES string of the molecule is C[C@@H](c1cncc(NC(=O)C(F)(F)F)c1)N1C(=O)c2cc3c(cc2C1=O)[C@@H]1C[C@H]3c2c3c(c4c(c21)[C@@H]1C[C@H]4c2cc4c(cc21)C(=O)N([C@@H](C)c1cncc(NC(=O)C(F)(F)F)c1)C4=O)[C@@H]1C[C@H]3c2cc3c(cc21)C(=O)N([C@@H](C)c1cncc(NC(=O)C(F)(F)F)c1)C3=O. The van der Waals surface area contributed by atoms with Crippen LogP contribution in [-0.4, -0.2) is 101 Å². The lowest BCUT2D eigenvalue weighted by Gasteiger charge is -2.35. The van der Waals surface area contributed by atoms with E-state index < -0.39 is 89.8 Å². The third-order valence-electron chi connectivity index (χ3n) is 20.3. The minimum absolute atomic E-state index is 0.103. The van der Waals surface area contributed by atoms with E-state index in [0.29, 0.717) is 19.3 Å². The van der Waals surface area contributed by atoms with Crippen molar-refractivity contribution in [3.63, 3.8) is 0 Å². The molecule has 0 unspecified atom stereocenters. The standard InChI is InChI=1S/C66H42F9N9O9/c1-22(25-4-28(19-76-16-25)79-61(91)64(67,68)69)82-55(85)43-7-31-32(8-44(43)56(82)86)38-13-37(31)49-50(38)52-40-15-42(36-12-48-46(10-34(36)40)58(88)84(60(48)90)24(3)27-6-30(21-78-18-27)81-63(93)66(73,74)75)54(52)53-41-14-39(51(49)53)33-9-45-47(11-35(33)41)59(89)83(57(45)87)23(2)26-5-29(20-77-17-26)80-62(92)65(70,71)72/h4-12,16-24,37-42H,13-15H2,1-3H3,(H,79,91)(H,80,92)(H,81,93)/t22-,23-,24-,37-,38+,39+,40-,41-,42+/m0/s1. The van der Waals surface area contributed by atoms with Crippen molar-refractivity contribution in [3.05, 3.63) is 209 Å². The first kappa shape index (κ1) is 57.7. The van der Waals surface area contributed by atoms with Crippen molar-refractivity contribution in [1.82, 2.24) is 29.7 Å². The van der Waals surface area contributed by atoms with Gasteiger partial charge in [0.25, 0.3) is 35.4 Å². The number of rotatable bonds is 9. The smallest absolute Gasteiger partial charge is 0.317 e. The summed E-state index contributed by atoms with van der Waals surface area (Å²) < 4.78 is 119. The zero-order valence-electron chi connectivity index (χ0n) is 48.2. The molecule has 6 bridgehead atoms. The Labute approximate surface area is 517 Å². The summed E-state index contributed by atoms with van der Waals surface area (Å²) in [5, 5.41) is 5.25. The topological polar surface area (TPSA) is 238 Å². The summed E-state index contributed by atoms with van der Waals surface area (Å²) in [6.07, 6.45) is -7.23. The molecule has 27 heteroatoms. The minimum Gasteiger partial charge on any atom is -0.317 e. The van der Waals surface area contributed by atoms with Gasteiger partial charge in [-0.25, -0.2) is 0 Å².